The van der Waals surface area contributed by atoms with Gasteiger partial charge in [-0.1, -0.05) is 53.5 Å². The molecule has 1 aliphatic rings. The minimum atomic E-state index is 0.110. The lowest BCUT2D eigenvalue weighted by Crippen LogP contribution is -2.47. The second kappa shape index (κ2) is 10.1. The Bertz CT molecular complexity index is 824. The zero-order valence-electron chi connectivity index (χ0n) is 15.5. The van der Waals surface area contributed by atoms with Crippen LogP contribution in [0.25, 0.3) is 0 Å². The maximum atomic E-state index is 12.2. The van der Waals surface area contributed by atoms with Crippen molar-refractivity contribution in [3.8, 4) is 0 Å². The second-order valence-electron chi connectivity index (χ2n) is 6.87. The molecule has 0 atom stereocenters. The predicted molar refractivity (Wildman–Crippen MR) is 120 cm³/mol. The molecule has 28 heavy (non-hydrogen) atoms. The molecule has 3 rings (SSSR count). The standard InChI is InChI=1S/C21H23Cl2N3OS/c22-18-8-7-17(14-19(18)23)25-21(28)26-12-10-16(11-13-26)24-20(27)9-6-15-4-2-1-3-5-15/h1-5,7-8,14,16H,6,9-13H2,(H,24,27)(H,25,28). The van der Waals surface area contributed by atoms with Gasteiger partial charge in [0.1, 0.15) is 0 Å². The summed E-state index contributed by atoms with van der Waals surface area (Å²) in [6.45, 7) is 1.60. The van der Waals surface area contributed by atoms with Gasteiger partial charge >= 0.3 is 0 Å². The molecular formula is C21H23Cl2N3OS. The first-order valence-electron chi connectivity index (χ1n) is 9.35. The van der Waals surface area contributed by atoms with Crippen LogP contribution in [-0.2, 0) is 11.2 Å². The average molecular weight is 436 g/mol. The van der Waals surface area contributed by atoms with Crippen LogP contribution in [0.2, 0.25) is 10.0 Å². The van der Waals surface area contributed by atoms with Gasteiger partial charge in [0, 0.05) is 31.2 Å². The van der Waals surface area contributed by atoms with Crippen LogP contribution in [0.1, 0.15) is 24.8 Å². The van der Waals surface area contributed by atoms with E-state index in [-0.39, 0.29) is 11.9 Å². The zero-order valence-corrected chi connectivity index (χ0v) is 17.8. The SMILES string of the molecule is O=C(CCc1ccccc1)NC1CCN(C(=S)Nc2ccc(Cl)c(Cl)c2)CC1. The Balaban J connectivity index is 1.40. The zero-order chi connectivity index (χ0) is 19.9. The lowest BCUT2D eigenvalue weighted by molar-refractivity contribution is -0.122. The minimum Gasteiger partial charge on any atom is -0.353 e. The molecule has 1 saturated heterocycles. The van der Waals surface area contributed by atoms with Crippen molar-refractivity contribution in [2.45, 2.75) is 31.7 Å². The van der Waals surface area contributed by atoms with E-state index in [1.807, 2.05) is 36.4 Å². The van der Waals surface area contributed by atoms with Gasteiger partial charge < -0.3 is 15.5 Å². The molecule has 0 unspecified atom stereocenters. The van der Waals surface area contributed by atoms with Crippen LogP contribution in [0.3, 0.4) is 0 Å². The predicted octanol–water partition coefficient (Wildman–Crippen LogP) is 4.90. The van der Waals surface area contributed by atoms with E-state index in [0.717, 1.165) is 38.0 Å². The van der Waals surface area contributed by atoms with Gasteiger partial charge in [-0.2, -0.15) is 0 Å². The second-order valence-corrected chi connectivity index (χ2v) is 8.07. The van der Waals surface area contributed by atoms with Crippen LogP contribution in [0.15, 0.2) is 48.5 Å². The number of carbonyl (C=O) groups is 1. The fourth-order valence-corrected chi connectivity index (χ4v) is 3.80. The highest BCUT2D eigenvalue weighted by Gasteiger charge is 2.22. The summed E-state index contributed by atoms with van der Waals surface area (Å²) in [5.41, 5.74) is 2.00. The number of thiocarbonyl (C=S) groups is 1. The lowest BCUT2D eigenvalue weighted by Gasteiger charge is -2.34. The molecule has 148 valence electrons. The van der Waals surface area contributed by atoms with Crippen LogP contribution in [0, 0.1) is 0 Å². The summed E-state index contributed by atoms with van der Waals surface area (Å²) in [7, 11) is 0. The molecule has 1 amide bonds. The first-order chi connectivity index (χ1) is 13.5. The van der Waals surface area contributed by atoms with Gasteiger partial charge in [0.2, 0.25) is 5.91 Å². The third-order valence-corrected chi connectivity index (χ3v) is 5.90. The molecule has 0 spiro atoms. The molecule has 0 saturated carbocycles. The quantitative estimate of drug-likeness (QED) is 0.655. The van der Waals surface area contributed by atoms with Crippen LogP contribution >= 0.6 is 35.4 Å². The van der Waals surface area contributed by atoms with Crippen molar-refractivity contribution in [1.82, 2.24) is 10.2 Å². The van der Waals surface area contributed by atoms with E-state index in [4.69, 9.17) is 35.4 Å². The number of aryl methyl sites for hydroxylation is 1. The first kappa shape index (κ1) is 20.9. The molecule has 1 heterocycles. The number of carbonyl (C=O) groups excluding carboxylic acids is 1. The van der Waals surface area contributed by atoms with Gasteiger partial charge in [0.25, 0.3) is 0 Å². The van der Waals surface area contributed by atoms with Gasteiger partial charge in [0.15, 0.2) is 5.11 Å². The maximum Gasteiger partial charge on any atom is 0.220 e. The lowest BCUT2D eigenvalue weighted by atomic mass is 10.0. The van der Waals surface area contributed by atoms with Crippen molar-refractivity contribution < 1.29 is 4.79 Å². The molecule has 2 aromatic rings. The number of rotatable bonds is 5. The fraction of sp³-hybridized carbons (Fsp3) is 0.333. The molecular weight excluding hydrogens is 413 g/mol. The number of nitrogens with one attached hydrogen (secondary N) is 2. The molecule has 0 bridgehead atoms. The number of anilines is 1. The number of halogens is 2. The summed E-state index contributed by atoms with van der Waals surface area (Å²) in [6, 6.07) is 15.6. The Hall–Kier alpha value is -1.82. The molecule has 4 nitrogen and oxygen atoms in total. The Morgan fingerprint density at radius 1 is 1.07 bits per heavy atom. The average Bonchev–Trinajstić information content (AvgIpc) is 2.70. The summed E-state index contributed by atoms with van der Waals surface area (Å²) >= 11 is 17.5. The Morgan fingerprint density at radius 3 is 2.46 bits per heavy atom. The van der Waals surface area contributed by atoms with E-state index in [2.05, 4.69) is 15.5 Å². The van der Waals surface area contributed by atoms with Crippen molar-refractivity contribution in [3.05, 3.63) is 64.1 Å². The van der Waals surface area contributed by atoms with Gasteiger partial charge in [-0.25, -0.2) is 0 Å². The van der Waals surface area contributed by atoms with Gasteiger partial charge in [0.05, 0.1) is 10.0 Å². The van der Waals surface area contributed by atoms with Crippen LogP contribution < -0.4 is 10.6 Å². The molecule has 2 N–H and O–H groups in total. The van der Waals surface area contributed by atoms with Gasteiger partial charge in [-0.3, -0.25) is 4.79 Å². The molecule has 1 aliphatic heterocycles. The van der Waals surface area contributed by atoms with Crippen molar-refractivity contribution in [2.75, 3.05) is 18.4 Å². The normalized spacial score (nSPS) is 14.6. The number of benzene rings is 2. The van der Waals surface area contributed by atoms with Gasteiger partial charge in [-0.15, -0.1) is 0 Å². The first-order valence-corrected chi connectivity index (χ1v) is 10.5. The van der Waals surface area contributed by atoms with Gasteiger partial charge in [-0.05, 0) is 55.2 Å². The summed E-state index contributed by atoms with van der Waals surface area (Å²) in [5, 5.41) is 8.02. The highest BCUT2D eigenvalue weighted by Crippen LogP contribution is 2.25. The van der Waals surface area contributed by atoms with E-state index in [0.29, 0.717) is 21.6 Å². The van der Waals surface area contributed by atoms with Crippen molar-refractivity contribution in [3.63, 3.8) is 0 Å². The summed E-state index contributed by atoms with van der Waals surface area (Å²) in [4.78, 5) is 14.3. The van der Waals surface area contributed by atoms with E-state index >= 15 is 0 Å². The monoisotopic (exact) mass is 435 g/mol. The minimum absolute atomic E-state index is 0.110. The third kappa shape index (κ3) is 6.09. The number of amides is 1. The molecule has 0 aliphatic carbocycles. The molecule has 1 fully saturated rings. The van der Waals surface area contributed by atoms with Crippen LogP contribution in [0.4, 0.5) is 5.69 Å². The number of nitrogens with zero attached hydrogens (tertiary/aromatic N) is 1. The van der Waals surface area contributed by atoms with Crippen molar-refractivity contribution in [2.24, 2.45) is 0 Å². The highest BCUT2D eigenvalue weighted by molar-refractivity contribution is 7.80. The Morgan fingerprint density at radius 2 is 1.79 bits per heavy atom. The summed E-state index contributed by atoms with van der Waals surface area (Å²) in [6.07, 6.45) is 3.03. The number of hydrogen-bond donors (Lipinski definition) is 2. The Labute approximate surface area is 181 Å². The maximum absolute atomic E-state index is 12.2. The fourth-order valence-electron chi connectivity index (χ4n) is 3.21. The molecule has 7 heteroatoms. The summed E-state index contributed by atoms with van der Waals surface area (Å²) in [5.74, 6) is 0.110. The topological polar surface area (TPSA) is 44.4 Å². The molecule has 0 radical (unpaired) electrons. The smallest absolute Gasteiger partial charge is 0.220 e. The van der Waals surface area contributed by atoms with E-state index in [9.17, 15) is 4.79 Å². The van der Waals surface area contributed by atoms with E-state index in [1.54, 1.807) is 12.1 Å². The highest BCUT2D eigenvalue weighted by atomic mass is 35.5. The number of likely N-dealkylation sites (tertiary alicyclic amines) is 1. The number of hydrogen-bond acceptors (Lipinski definition) is 2. The largest absolute Gasteiger partial charge is 0.353 e. The molecule has 2 aromatic carbocycles. The van der Waals surface area contributed by atoms with Crippen LogP contribution in [0.5, 0.6) is 0 Å². The Kier molecular flexibility index (Phi) is 7.54. The van der Waals surface area contributed by atoms with Crippen molar-refractivity contribution >= 4 is 52.1 Å². The number of piperidine rings is 1. The van der Waals surface area contributed by atoms with Crippen molar-refractivity contribution in [1.29, 1.82) is 0 Å². The summed E-state index contributed by atoms with van der Waals surface area (Å²) < 4.78 is 0. The van der Waals surface area contributed by atoms with Crippen LogP contribution in [-0.4, -0.2) is 35.1 Å². The molecule has 0 aromatic heterocycles. The van der Waals surface area contributed by atoms with E-state index < -0.39 is 0 Å². The van der Waals surface area contributed by atoms with E-state index in [1.165, 1.54) is 5.56 Å². The third-order valence-electron chi connectivity index (χ3n) is 4.80.